The molecule has 2 atom stereocenters. The Morgan fingerprint density at radius 1 is 1.10 bits per heavy atom. The predicted octanol–water partition coefficient (Wildman–Crippen LogP) is 6.01. The van der Waals surface area contributed by atoms with Gasteiger partial charge in [-0.15, -0.1) is 0 Å². The minimum atomic E-state index is -0.639. The SMILES string of the molecule is C=Nc1ccc(-c2ccc3cc(-c4cnc[nH]4)ccc3c2)cc1NCC1CCCN1C(=O)C(NC(=O)OC)C(C)C. The first-order valence-corrected chi connectivity index (χ1v) is 13.9. The first-order valence-electron chi connectivity index (χ1n) is 13.9. The van der Waals surface area contributed by atoms with Gasteiger partial charge in [-0.3, -0.25) is 9.79 Å². The molecule has 2 amide bonds. The fourth-order valence-electron chi connectivity index (χ4n) is 5.45. The molecule has 2 heterocycles. The number of ether oxygens (including phenoxy) is 1. The van der Waals surface area contributed by atoms with E-state index in [0.29, 0.717) is 13.1 Å². The second kappa shape index (κ2) is 12.2. The van der Waals surface area contributed by atoms with Crippen LogP contribution in [0.1, 0.15) is 26.7 Å². The van der Waals surface area contributed by atoms with E-state index in [1.165, 1.54) is 7.11 Å². The van der Waals surface area contributed by atoms with Gasteiger partial charge in [0.25, 0.3) is 0 Å². The van der Waals surface area contributed by atoms with E-state index in [-0.39, 0.29) is 17.9 Å². The third-order valence-corrected chi connectivity index (χ3v) is 7.73. The summed E-state index contributed by atoms with van der Waals surface area (Å²) >= 11 is 0. The van der Waals surface area contributed by atoms with Crippen LogP contribution in [0.25, 0.3) is 33.2 Å². The minimum Gasteiger partial charge on any atom is -0.453 e. The average Bonchev–Trinajstić information content (AvgIpc) is 3.70. The van der Waals surface area contributed by atoms with Crippen molar-refractivity contribution in [3.05, 3.63) is 67.1 Å². The number of anilines is 1. The van der Waals surface area contributed by atoms with Crippen molar-refractivity contribution in [3.63, 3.8) is 0 Å². The number of nitrogens with one attached hydrogen (secondary N) is 3. The largest absolute Gasteiger partial charge is 0.453 e. The van der Waals surface area contributed by atoms with Crippen molar-refractivity contribution in [3.8, 4) is 22.4 Å². The van der Waals surface area contributed by atoms with Gasteiger partial charge in [0.2, 0.25) is 5.91 Å². The average molecular weight is 553 g/mol. The highest BCUT2D eigenvalue weighted by Crippen LogP contribution is 2.33. The number of aliphatic imine (C=N–C) groups is 1. The number of fused-ring (bicyclic) bond motifs is 1. The Morgan fingerprint density at radius 3 is 2.49 bits per heavy atom. The normalized spacial score (nSPS) is 15.6. The van der Waals surface area contributed by atoms with E-state index in [2.05, 4.69) is 74.8 Å². The smallest absolute Gasteiger partial charge is 0.407 e. The monoisotopic (exact) mass is 552 g/mol. The minimum absolute atomic E-state index is 0.00532. The number of amides is 2. The first kappa shape index (κ1) is 27.9. The van der Waals surface area contributed by atoms with Crippen LogP contribution in [0.2, 0.25) is 0 Å². The number of likely N-dealkylation sites (tertiary alicyclic amines) is 1. The molecule has 9 nitrogen and oxygen atoms in total. The van der Waals surface area contributed by atoms with Crippen LogP contribution in [0, 0.1) is 5.92 Å². The molecule has 1 fully saturated rings. The molecular weight excluding hydrogens is 516 g/mol. The number of carbonyl (C=O) groups excluding carboxylic acids is 2. The van der Waals surface area contributed by atoms with Crippen molar-refractivity contribution in [2.24, 2.45) is 10.9 Å². The van der Waals surface area contributed by atoms with Crippen LogP contribution in [-0.2, 0) is 9.53 Å². The number of benzene rings is 3. The third kappa shape index (κ3) is 6.09. The summed E-state index contributed by atoms with van der Waals surface area (Å²) in [6.07, 6.45) is 4.69. The molecule has 9 heteroatoms. The van der Waals surface area contributed by atoms with Crippen molar-refractivity contribution in [2.75, 3.05) is 25.5 Å². The Labute approximate surface area is 240 Å². The standard InChI is InChI=1S/C32H36N6O3/c1-20(2)30(37-32(40)41-4)31(39)38-13-5-6-26(38)17-35-28-16-24(11-12-27(28)33-3)22-7-8-23-15-25(10-9-21(23)14-22)29-18-34-19-36-29/h7-12,14-16,18-20,26,30,35H,3,5-6,13,17H2,1-2,4H3,(H,34,36)(H,37,40). The Bertz CT molecular complexity index is 1550. The highest BCUT2D eigenvalue weighted by atomic mass is 16.5. The molecule has 1 aliphatic heterocycles. The number of hydrogen-bond acceptors (Lipinski definition) is 6. The zero-order chi connectivity index (χ0) is 28.9. The number of H-pyrrole nitrogens is 1. The first-order chi connectivity index (χ1) is 19.9. The summed E-state index contributed by atoms with van der Waals surface area (Å²) < 4.78 is 4.74. The van der Waals surface area contributed by atoms with E-state index in [9.17, 15) is 9.59 Å². The number of aromatic amines is 1. The Hall–Kier alpha value is -4.66. The van der Waals surface area contributed by atoms with Gasteiger partial charge in [0.15, 0.2) is 0 Å². The van der Waals surface area contributed by atoms with Gasteiger partial charge >= 0.3 is 6.09 Å². The number of rotatable bonds is 9. The fourth-order valence-corrected chi connectivity index (χ4v) is 5.45. The maximum atomic E-state index is 13.4. The second-order valence-corrected chi connectivity index (χ2v) is 10.7. The third-order valence-electron chi connectivity index (χ3n) is 7.73. The number of aromatic nitrogens is 2. The molecule has 3 N–H and O–H groups in total. The van der Waals surface area contributed by atoms with Gasteiger partial charge in [-0.1, -0.05) is 44.2 Å². The lowest BCUT2D eigenvalue weighted by Crippen LogP contribution is -2.53. The zero-order valence-corrected chi connectivity index (χ0v) is 23.7. The number of methoxy groups -OCH3 is 1. The zero-order valence-electron chi connectivity index (χ0n) is 23.7. The summed E-state index contributed by atoms with van der Waals surface area (Å²) in [5.41, 5.74) is 5.84. The van der Waals surface area contributed by atoms with Gasteiger partial charge in [-0.05, 0) is 71.6 Å². The van der Waals surface area contributed by atoms with E-state index in [1.54, 1.807) is 6.33 Å². The molecule has 0 radical (unpaired) electrons. The van der Waals surface area contributed by atoms with Gasteiger partial charge in [-0.25, -0.2) is 9.78 Å². The van der Waals surface area contributed by atoms with Crippen molar-refractivity contribution in [1.29, 1.82) is 0 Å². The van der Waals surface area contributed by atoms with E-state index in [1.807, 2.05) is 37.1 Å². The quantitative estimate of drug-likeness (QED) is 0.220. The summed E-state index contributed by atoms with van der Waals surface area (Å²) in [6, 6.07) is 18.3. The topological polar surface area (TPSA) is 112 Å². The molecule has 4 aromatic rings. The molecule has 1 saturated heterocycles. The molecule has 5 rings (SSSR count). The summed E-state index contributed by atoms with van der Waals surface area (Å²) in [5, 5.41) is 8.53. The van der Waals surface area contributed by atoms with Crippen LogP contribution in [0.4, 0.5) is 16.2 Å². The molecule has 3 aromatic carbocycles. The van der Waals surface area contributed by atoms with E-state index >= 15 is 0 Å². The van der Waals surface area contributed by atoms with Crippen LogP contribution in [-0.4, -0.2) is 65.9 Å². The Morgan fingerprint density at radius 2 is 1.80 bits per heavy atom. The summed E-state index contributed by atoms with van der Waals surface area (Å²) in [6.45, 7) is 8.81. The summed E-state index contributed by atoms with van der Waals surface area (Å²) in [7, 11) is 1.30. The molecule has 1 aromatic heterocycles. The van der Waals surface area contributed by atoms with Crippen LogP contribution in [0.5, 0.6) is 0 Å². The van der Waals surface area contributed by atoms with Gasteiger partial charge < -0.3 is 25.3 Å². The van der Waals surface area contributed by atoms with Crippen molar-refractivity contribution >= 4 is 40.9 Å². The Balaban J connectivity index is 1.33. The van der Waals surface area contributed by atoms with Crippen LogP contribution in [0.15, 0.2) is 72.1 Å². The van der Waals surface area contributed by atoms with Crippen LogP contribution < -0.4 is 10.6 Å². The molecular formula is C32H36N6O3. The van der Waals surface area contributed by atoms with Crippen LogP contribution >= 0.6 is 0 Å². The number of carbonyl (C=O) groups is 2. The van der Waals surface area contributed by atoms with E-state index in [4.69, 9.17) is 4.74 Å². The number of alkyl carbamates (subject to hydrolysis) is 1. The molecule has 212 valence electrons. The van der Waals surface area contributed by atoms with Gasteiger partial charge in [0, 0.05) is 24.7 Å². The maximum Gasteiger partial charge on any atom is 0.407 e. The molecule has 41 heavy (non-hydrogen) atoms. The number of nitrogens with zero attached hydrogens (tertiary/aromatic N) is 3. The van der Waals surface area contributed by atoms with Crippen molar-refractivity contribution in [2.45, 2.75) is 38.8 Å². The van der Waals surface area contributed by atoms with Gasteiger partial charge in [0.1, 0.15) is 6.04 Å². The lowest BCUT2D eigenvalue weighted by Gasteiger charge is -2.31. The molecule has 0 saturated carbocycles. The predicted molar refractivity (Wildman–Crippen MR) is 164 cm³/mol. The highest BCUT2D eigenvalue weighted by Gasteiger charge is 2.35. The number of imidazole rings is 1. The van der Waals surface area contributed by atoms with Crippen molar-refractivity contribution in [1.82, 2.24) is 20.2 Å². The summed E-state index contributed by atoms with van der Waals surface area (Å²) in [4.78, 5) is 38.6. The second-order valence-electron chi connectivity index (χ2n) is 10.7. The molecule has 0 spiro atoms. The molecule has 1 aliphatic rings. The van der Waals surface area contributed by atoms with Gasteiger partial charge in [0.05, 0.1) is 36.7 Å². The van der Waals surface area contributed by atoms with Gasteiger partial charge in [-0.2, -0.15) is 0 Å². The fraction of sp³-hybridized carbons (Fsp3) is 0.312. The lowest BCUT2D eigenvalue weighted by molar-refractivity contribution is -0.135. The lowest BCUT2D eigenvalue weighted by atomic mass is 9.98. The number of hydrogen-bond donors (Lipinski definition) is 3. The summed E-state index contributed by atoms with van der Waals surface area (Å²) in [5.74, 6) is -0.152. The molecule has 0 bridgehead atoms. The maximum absolute atomic E-state index is 13.4. The molecule has 0 aliphatic carbocycles. The van der Waals surface area contributed by atoms with Crippen molar-refractivity contribution < 1.29 is 14.3 Å². The van der Waals surface area contributed by atoms with E-state index in [0.717, 1.165) is 57.4 Å². The Kier molecular flexibility index (Phi) is 8.33. The highest BCUT2D eigenvalue weighted by molar-refractivity contribution is 5.91. The van der Waals surface area contributed by atoms with Crippen LogP contribution in [0.3, 0.4) is 0 Å². The molecule has 2 unspecified atom stereocenters. The van der Waals surface area contributed by atoms with E-state index < -0.39 is 12.1 Å².